The molecular weight excluding hydrogens is 406 g/mol. The molecule has 3 rings (SSSR count). The third-order valence-corrected chi connectivity index (χ3v) is 5.46. The minimum absolute atomic E-state index is 0.0558. The van der Waals surface area contributed by atoms with Crippen LogP contribution in [-0.4, -0.2) is 39.7 Å². The number of amides is 1. The van der Waals surface area contributed by atoms with Gasteiger partial charge in [-0.3, -0.25) is 9.48 Å². The van der Waals surface area contributed by atoms with Crippen LogP contribution >= 0.6 is 0 Å². The summed E-state index contributed by atoms with van der Waals surface area (Å²) in [5, 5.41) is 12.0. The molecule has 0 spiro atoms. The first-order valence-corrected chi connectivity index (χ1v) is 10.9. The Bertz CT molecular complexity index is 1070. The molecule has 0 unspecified atom stereocenters. The van der Waals surface area contributed by atoms with Crippen LogP contribution in [0, 0.1) is 19.8 Å². The maximum absolute atomic E-state index is 12.7. The number of hydrogen-bond acceptors (Lipinski definition) is 5. The molecule has 1 N–H and O–H groups in total. The summed E-state index contributed by atoms with van der Waals surface area (Å²) in [6.45, 7) is 9.76. The fraction of sp³-hybridized carbons (Fsp3) is 0.458. The number of nitrogens with one attached hydrogen (secondary N) is 1. The first-order valence-electron chi connectivity index (χ1n) is 10.9. The van der Waals surface area contributed by atoms with Gasteiger partial charge in [-0.25, -0.2) is 4.68 Å². The minimum atomic E-state index is -0.0558. The van der Waals surface area contributed by atoms with E-state index < -0.39 is 0 Å². The molecule has 32 heavy (non-hydrogen) atoms. The number of aryl methyl sites for hydroxylation is 1. The average molecular weight is 440 g/mol. The molecule has 0 bridgehead atoms. The number of nitrogens with zero attached hydrogens (tertiary/aromatic N) is 4. The number of carbonyl (C=O) groups excluding carboxylic acids is 1. The first-order chi connectivity index (χ1) is 15.3. The lowest BCUT2D eigenvalue weighted by atomic mass is 10.1. The molecule has 0 saturated heterocycles. The van der Waals surface area contributed by atoms with E-state index in [1.54, 1.807) is 31.2 Å². The van der Waals surface area contributed by atoms with Gasteiger partial charge in [0, 0.05) is 30.3 Å². The Morgan fingerprint density at radius 3 is 2.59 bits per heavy atom. The molecule has 0 saturated carbocycles. The number of hydrogen-bond donors (Lipinski definition) is 1. The standard InChI is InChI=1S/C24H33N5O3/c1-16(2)14-28-18(4)20(17(3)27-28)10-11-23(30)26-22-12-13-25-29(22)15-19-8-7-9-21(31-5)24(19)32-6/h7-9,12-13,16H,10-11,14-15H2,1-6H3,(H,26,30). The normalized spacial score (nSPS) is 11.1. The van der Waals surface area contributed by atoms with Crippen molar-refractivity contribution < 1.29 is 14.3 Å². The van der Waals surface area contributed by atoms with E-state index in [9.17, 15) is 4.79 Å². The molecule has 0 aliphatic carbocycles. The summed E-state index contributed by atoms with van der Waals surface area (Å²) in [7, 11) is 3.22. The summed E-state index contributed by atoms with van der Waals surface area (Å²) in [4.78, 5) is 12.7. The van der Waals surface area contributed by atoms with Gasteiger partial charge in [-0.05, 0) is 37.8 Å². The number of para-hydroxylation sites is 1. The lowest BCUT2D eigenvalue weighted by Crippen LogP contribution is -2.17. The fourth-order valence-corrected chi connectivity index (χ4v) is 3.87. The lowest BCUT2D eigenvalue weighted by molar-refractivity contribution is -0.116. The van der Waals surface area contributed by atoms with E-state index in [2.05, 4.69) is 36.3 Å². The van der Waals surface area contributed by atoms with E-state index >= 15 is 0 Å². The Hall–Kier alpha value is -3.29. The van der Waals surface area contributed by atoms with E-state index in [-0.39, 0.29) is 5.91 Å². The van der Waals surface area contributed by atoms with Crippen LogP contribution in [0.5, 0.6) is 11.5 Å². The quantitative estimate of drug-likeness (QED) is 0.516. The van der Waals surface area contributed by atoms with Crippen LogP contribution in [-0.2, 0) is 24.3 Å². The van der Waals surface area contributed by atoms with Gasteiger partial charge in [0.1, 0.15) is 5.82 Å². The van der Waals surface area contributed by atoms with Crippen LogP contribution in [0.4, 0.5) is 5.82 Å². The van der Waals surface area contributed by atoms with E-state index in [1.807, 2.05) is 29.8 Å². The SMILES string of the molecule is COc1cccc(Cn2nccc2NC(=O)CCc2c(C)nn(CC(C)C)c2C)c1OC. The molecule has 0 atom stereocenters. The largest absolute Gasteiger partial charge is 0.493 e. The molecule has 2 aromatic heterocycles. The topological polar surface area (TPSA) is 83.2 Å². The smallest absolute Gasteiger partial charge is 0.225 e. The third-order valence-electron chi connectivity index (χ3n) is 5.46. The second-order valence-corrected chi connectivity index (χ2v) is 8.30. The van der Waals surface area contributed by atoms with Crippen molar-refractivity contribution in [2.24, 2.45) is 5.92 Å². The monoisotopic (exact) mass is 439 g/mol. The van der Waals surface area contributed by atoms with Gasteiger partial charge in [0.2, 0.25) is 5.91 Å². The van der Waals surface area contributed by atoms with Crippen LogP contribution in [0.3, 0.4) is 0 Å². The Balaban J connectivity index is 1.66. The average Bonchev–Trinajstić information content (AvgIpc) is 3.29. The van der Waals surface area contributed by atoms with Gasteiger partial charge in [0.15, 0.2) is 11.5 Å². The molecule has 1 amide bonds. The summed E-state index contributed by atoms with van der Waals surface area (Å²) in [5.74, 6) is 2.43. The summed E-state index contributed by atoms with van der Waals surface area (Å²) in [6, 6.07) is 7.50. The van der Waals surface area contributed by atoms with Crippen molar-refractivity contribution in [3.05, 3.63) is 53.0 Å². The maximum atomic E-state index is 12.7. The van der Waals surface area contributed by atoms with Crippen molar-refractivity contribution in [3.63, 3.8) is 0 Å². The van der Waals surface area contributed by atoms with Gasteiger partial charge >= 0.3 is 0 Å². The van der Waals surface area contributed by atoms with Gasteiger partial charge in [-0.1, -0.05) is 26.0 Å². The molecule has 2 heterocycles. The van der Waals surface area contributed by atoms with Gasteiger partial charge in [-0.2, -0.15) is 10.2 Å². The lowest BCUT2D eigenvalue weighted by Gasteiger charge is -2.14. The van der Waals surface area contributed by atoms with Crippen molar-refractivity contribution in [1.29, 1.82) is 0 Å². The van der Waals surface area contributed by atoms with Gasteiger partial charge in [0.25, 0.3) is 0 Å². The van der Waals surface area contributed by atoms with Crippen molar-refractivity contribution >= 4 is 11.7 Å². The van der Waals surface area contributed by atoms with Gasteiger partial charge in [0.05, 0.1) is 32.7 Å². The van der Waals surface area contributed by atoms with Crippen molar-refractivity contribution in [1.82, 2.24) is 19.6 Å². The van der Waals surface area contributed by atoms with Crippen molar-refractivity contribution in [2.45, 2.75) is 53.6 Å². The Morgan fingerprint density at radius 2 is 1.91 bits per heavy atom. The van der Waals surface area contributed by atoms with Crippen LogP contribution in [0.1, 0.15) is 42.8 Å². The van der Waals surface area contributed by atoms with E-state index in [0.717, 1.165) is 29.1 Å². The highest BCUT2D eigenvalue weighted by molar-refractivity contribution is 5.90. The zero-order chi connectivity index (χ0) is 23.3. The zero-order valence-corrected chi connectivity index (χ0v) is 19.8. The number of anilines is 1. The predicted octanol–water partition coefficient (Wildman–Crippen LogP) is 3.99. The number of ether oxygens (including phenoxy) is 2. The highest BCUT2D eigenvalue weighted by Gasteiger charge is 2.16. The van der Waals surface area contributed by atoms with Crippen LogP contribution < -0.4 is 14.8 Å². The molecule has 0 aliphatic rings. The summed E-state index contributed by atoms with van der Waals surface area (Å²) >= 11 is 0. The fourth-order valence-electron chi connectivity index (χ4n) is 3.87. The second kappa shape index (κ2) is 10.3. The number of aromatic nitrogens is 4. The van der Waals surface area contributed by atoms with Crippen LogP contribution in [0.25, 0.3) is 0 Å². The summed E-state index contributed by atoms with van der Waals surface area (Å²) in [6.07, 6.45) is 2.70. The highest BCUT2D eigenvalue weighted by Crippen LogP contribution is 2.31. The second-order valence-electron chi connectivity index (χ2n) is 8.30. The predicted molar refractivity (Wildman–Crippen MR) is 124 cm³/mol. The molecule has 8 heteroatoms. The third kappa shape index (κ3) is 5.30. The number of rotatable bonds is 10. The molecule has 0 fully saturated rings. The zero-order valence-electron chi connectivity index (χ0n) is 19.8. The molecule has 1 aromatic carbocycles. The number of carbonyl (C=O) groups is 1. The minimum Gasteiger partial charge on any atom is -0.493 e. The molecule has 3 aromatic rings. The Labute approximate surface area is 189 Å². The summed E-state index contributed by atoms with van der Waals surface area (Å²) in [5.41, 5.74) is 4.19. The number of benzene rings is 1. The Morgan fingerprint density at radius 1 is 1.12 bits per heavy atom. The molecule has 172 valence electrons. The molecule has 8 nitrogen and oxygen atoms in total. The van der Waals surface area contributed by atoms with Crippen molar-refractivity contribution in [2.75, 3.05) is 19.5 Å². The molecule has 0 aliphatic heterocycles. The maximum Gasteiger partial charge on any atom is 0.225 e. The van der Waals surface area contributed by atoms with E-state index in [1.165, 1.54) is 0 Å². The van der Waals surface area contributed by atoms with Crippen molar-refractivity contribution in [3.8, 4) is 11.5 Å². The van der Waals surface area contributed by atoms with Crippen LogP contribution in [0.2, 0.25) is 0 Å². The molecule has 0 radical (unpaired) electrons. The molecular formula is C24H33N5O3. The number of methoxy groups -OCH3 is 2. The van der Waals surface area contributed by atoms with E-state index in [0.29, 0.717) is 42.6 Å². The first kappa shape index (κ1) is 23.4. The van der Waals surface area contributed by atoms with Gasteiger partial charge in [-0.15, -0.1) is 0 Å². The summed E-state index contributed by atoms with van der Waals surface area (Å²) < 4.78 is 14.7. The van der Waals surface area contributed by atoms with Gasteiger partial charge < -0.3 is 14.8 Å². The van der Waals surface area contributed by atoms with E-state index in [4.69, 9.17) is 9.47 Å². The highest BCUT2D eigenvalue weighted by atomic mass is 16.5. The van der Waals surface area contributed by atoms with Crippen LogP contribution in [0.15, 0.2) is 30.5 Å². The Kier molecular flexibility index (Phi) is 7.56.